The topological polar surface area (TPSA) is 47.9 Å². The first-order chi connectivity index (χ1) is 8.63. The number of hydrogen-bond donors (Lipinski definition) is 0. The van der Waals surface area contributed by atoms with Gasteiger partial charge in [-0.05, 0) is 31.0 Å². The lowest BCUT2D eigenvalue weighted by Gasteiger charge is -2.16. The van der Waals surface area contributed by atoms with Gasteiger partial charge < -0.3 is 9.47 Å². The Hall–Kier alpha value is -1.91. The van der Waals surface area contributed by atoms with E-state index in [0.29, 0.717) is 11.1 Å². The number of aliphatic imine (C=N–C) groups is 1. The molecular weight excluding hydrogens is 237 g/mol. The normalized spacial score (nSPS) is 21.7. The van der Waals surface area contributed by atoms with Gasteiger partial charge in [0.25, 0.3) is 0 Å². The predicted molar refractivity (Wildman–Crippen MR) is 63.9 cm³/mol. The summed E-state index contributed by atoms with van der Waals surface area (Å²) in [5.74, 6) is -0.789. The van der Waals surface area contributed by atoms with Crippen molar-refractivity contribution in [2.45, 2.75) is 26.0 Å². The van der Waals surface area contributed by atoms with E-state index in [1.807, 2.05) is 0 Å². The van der Waals surface area contributed by atoms with Crippen molar-refractivity contribution in [2.24, 2.45) is 4.99 Å². The van der Waals surface area contributed by atoms with Crippen LogP contribution in [-0.4, -0.2) is 25.0 Å². The first-order valence-corrected chi connectivity index (χ1v) is 5.73. The quantitative estimate of drug-likeness (QED) is 0.773. The third-order valence-corrected chi connectivity index (χ3v) is 2.77. The monoisotopic (exact) mass is 251 g/mol. The van der Waals surface area contributed by atoms with Crippen LogP contribution in [0.3, 0.4) is 0 Å². The number of rotatable bonds is 3. The van der Waals surface area contributed by atoms with Crippen molar-refractivity contribution in [2.75, 3.05) is 6.61 Å². The van der Waals surface area contributed by atoms with E-state index >= 15 is 0 Å². The Labute approximate surface area is 104 Å². The third kappa shape index (κ3) is 2.34. The largest absolute Gasteiger partial charge is 0.473 e. The van der Waals surface area contributed by atoms with E-state index < -0.39 is 18.1 Å². The van der Waals surface area contributed by atoms with Gasteiger partial charge in [-0.2, -0.15) is 0 Å². The Kier molecular flexibility index (Phi) is 3.60. The second-order valence-corrected chi connectivity index (χ2v) is 4.02. The maximum Gasteiger partial charge on any atom is 0.335 e. The maximum atomic E-state index is 13.5. The second kappa shape index (κ2) is 5.16. The number of nitrogens with zero attached hydrogens (tertiary/aromatic N) is 1. The van der Waals surface area contributed by atoms with Gasteiger partial charge in [-0.1, -0.05) is 12.1 Å². The SMILES string of the molecule is CCOC(=O)C1N=COC1c1ccc(C)c(F)c1. The number of carbonyl (C=O) groups excluding carboxylic acids is 1. The molecule has 1 aromatic rings. The molecule has 0 saturated heterocycles. The molecule has 0 bridgehead atoms. The van der Waals surface area contributed by atoms with Crippen molar-refractivity contribution in [3.63, 3.8) is 0 Å². The number of carbonyl (C=O) groups is 1. The van der Waals surface area contributed by atoms with E-state index in [0.717, 1.165) is 0 Å². The fraction of sp³-hybridized carbons (Fsp3) is 0.385. The molecule has 0 N–H and O–H groups in total. The zero-order valence-corrected chi connectivity index (χ0v) is 10.2. The molecule has 2 rings (SSSR count). The average Bonchev–Trinajstić information content (AvgIpc) is 2.82. The summed E-state index contributed by atoms with van der Waals surface area (Å²) in [6.07, 6.45) is 0.600. The molecule has 96 valence electrons. The van der Waals surface area contributed by atoms with Gasteiger partial charge in [0.1, 0.15) is 5.82 Å². The summed E-state index contributed by atoms with van der Waals surface area (Å²) in [7, 11) is 0. The first kappa shape index (κ1) is 12.5. The van der Waals surface area contributed by atoms with E-state index in [2.05, 4.69) is 4.99 Å². The first-order valence-electron chi connectivity index (χ1n) is 5.73. The van der Waals surface area contributed by atoms with Crippen molar-refractivity contribution in [1.29, 1.82) is 0 Å². The fourth-order valence-corrected chi connectivity index (χ4v) is 1.78. The molecule has 1 aromatic carbocycles. The standard InChI is InChI=1S/C13H14FNO3/c1-3-17-13(16)11-12(18-7-15-11)9-5-4-8(2)10(14)6-9/h4-7,11-12H,3H2,1-2H3. The Morgan fingerprint density at radius 1 is 1.56 bits per heavy atom. The number of esters is 1. The van der Waals surface area contributed by atoms with Gasteiger partial charge in [-0.25, -0.2) is 14.2 Å². The van der Waals surface area contributed by atoms with Gasteiger partial charge in [0.05, 0.1) is 6.61 Å². The van der Waals surface area contributed by atoms with Crippen LogP contribution in [-0.2, 0) is 14.3 Å². The second-order valence-electron chi connectivity index (χ2n) is 4.02. The van der Waals surface area contributed by atoms with Gasteiger partial charge in [-0.3, -0.25) is 0 Å². The van der Waals surface area contributed by atoms with Crippen LogP contribution < -0.4 is 0 Å². The van der Waals surface area contributed by atoms with Gasteiger partial charge in [0, 0.05) is 0 Å². The summed E-state index contributed by atoms with van der Waals surface area (Å²) in [6, 6.07) is 3.98. The van der Waals surface area contributed by atoms with E-state index in [-0.39, 0.29) is 12.4 Å². The molecular formula is C13H14FNO3. The molecule has 0 aliphatic carbocycles. The van der Waals surface area contributed by atoms with Crippen LogP contribution in [0.1, 0.15) is 24.2 Å². The lowest BCUT2D eigenvalue weighted by Crippen LogP contribution is -2.26. The highest BCUT2D eigenvalue weighted by Gasteiger charge is 2.35. The molecule has 0 spiro atoms. The molecule has 0 amide bonds. The lowest BCUT2D eigenvalue weighted by molar-refractivity contribution is -0.146. The minimum absolute atomic E-state index is 0.278. The molecule has 0 saturated carbocycles. The van der Waals surface area contributed by atoms with Crippen LogP contribution >= 0.6 is 0 Å². The number of benzene rings is 1. The minimum Gasteiger partial charge on any atom is -0.473 e. The fourth-order valence-electron chi connectivity index (χ4n) is 1.78. The van der Waals surface area contributed by atoms with Crippen LogP contribution in [0.5, 0.6) is 0 Å². The van der Waals surface area contributed by atoms with E-state index in [1.165, 1.54) is 12.5 Å². The minimum atomic E-state index is -0.757. The van der Waals surface area contributed by atoms with Crippen LogP contribution in [0.25, 0.3) is 0 Å². The molecule has 1 aliphatic rings. The highest BCUT2D eigenvalue weighted by Crippen LogP contribution is 2.28. The zero-order chi connectivity index (χ0) is 13.1. The van der Waals surface area contributed by atoms with E-state index in [4.69, 9.17) is 9.47 Å². The number of aryl methyl sites for hydroxylation is 1. The van der Waals surface area contributed by atoms with Crippen molar-refractivity contribution in [3.8, 4) is 0 Å². The van der Waals surface area contributed by atoms with Gasteiger partial charge in [0.15, 0.2) is 18.5 Å². The zero-order valence-electron chi connectivity index (χ0n) is 10.2. The lowest BCUT2D eigenvalue weighted by atomic mass is 10.0. The average molecular weight is 251 g/mol. The van der Waals surface area contributed by atoms with Crippen LogP contribution in [0, 0.1) is 12.7 Å². The third-order valence-electron chi connectivity index (χ3n) is 2.77. The van der Waals surface area contributed by atoms with Crippen molar-refractivity contribution >= 4 is 12.4 Å². The number of hydrogen-bond acceptors (Lipinski definition) is 4. The summed E-state index contributed by atoms with van der Waals surface area (Å²) in [6.45, 7) is 3.67. The summed E-state index contributed by atoms with van der Waals surface area (Å²) < 4.78 is 23.7. The predicted octanol–water partition coefficient (Wildman–Crippen LogP) is 2.17. The van der Waals surface area contributed by atoms with Crippen LogP contribution in [0.15, 0.2) is 23.2 Å². The molecule has 0 aromatic heterocycles. The summed E-state index contributed by atoms with van der Waals surface area (Å²) in [5, 5.41) is 0. The molecule has 0 fully saturated rings. The maximum absolute atomic E-state index is 13.5. The van der Waals surface area contributed by atoms with Crippen molar-refractivity contribution < 1.29 is 18.7 Å². The Bertz CT molecular complexity index is 487. The van der Waals surface area contributed by atoms with Crippen LogP contribution in [0.2, 0.25) is 0 Å². The molecule has 1 aliphatic heterocycles. The molecule has 0 radical (unpaired) electrons. The van der Waals surface area contributed by atoms with Crippen molar-refractivity contribution in [1.82, 2.24) is 0 Å². The summed E-state index contributed by atoms with van der Waals surface area (Å²) in [5.41, 5.74) is 1.12. The summed E-state index contributed by atoms with van der Waals surface area (Å²) in [4.78, 5) is 15.6. The van der Waals surface area contributed by atoms with E-state index in [1.54, 1.807) is 26.0 Å². The van der Waals surface area contributed by atoms with Crippen molar-refractivity contribution in [3.05, 3.63) is 35.1 Å². The number of halogens is 1. The Morgan fingerprint density at radius 2 is 2.33 bits per heavy atom. The highest BCUT2D eigenvalue weighted by atomic mass is 19.1. The van der Waals surface area contributed by atoms with E-state index in [9.17, 15) is 9.18 Å². The smallest absolute Gasteiger partial charge is 0.335 e. The molecule has 2 atom stereocenters. The molecule has 1 heterocycles. The molecule has 2 unspecified atom stereocenters. The number of ether oxygens (including phenoxy) is 2. The summed E-state index contributed by atoms with van der Waals surface area (Å²) >= 11 is 0. The molecule has 18 heavy (non-hydrogen) atoms. The van der Waals surface area contributed by atoms with Gasteiger partial charge in [-0.15, -0.1) is 0 Å². The Balaban J connectivity index is 2.22. The van der Waals surface area contributed by atoms with Crippen LogP contribution in [0.4, 0.5) is 4.39 Å². The Morgan fingerprint density at radius 3 is 3.00 bits per heavy atom. The molecule has 4 nitrogen and oxygen atoms in total. The highest BCUT2D eigenvalue weighted by molar-refractivity contribution is 5.80. The molecule has 5 heteroatoms. The van der Waals surface area contributed by atoms with Gasteiger partial charge in [0.2, 0.25) is 0 Å². The van der Waals surface area contributed by atoms with Gasteiger partial charge >= 0.3 is 5.97 Å².